The zero-order valence-corrected chi connectivity index (χ0v) is 49.3. The number of amides is 4. The van der Waals surface area contributed by atoms with Gasteiger partial charge in [-0.2, -0.15) is 0 Å². The van der Waals surface area contributed by atoms with Crippen LogP contribution in [0, 0.1) is 0 Å². The number of anilines is 4. The first-order valence-corrected chi connectivity index (χ1v) is 29.8. The van der Waals surface area contributed by atoms with Gasteiger partial charge in [-0.15, -0.1) is 0 Å². The van der Waals surface area contributed by atoms with Gasteiger partial charge < -0.3 is 74.1 Å². The van der Waals surface area contributed by atoms with E-state index in [1.165, 1.54) is 0 Å². The highest BCUT2D eigenvalue weighted by atomic mass is 16.5. The number of aromatic amines is 3. The lowest BCUT2D eigenvalue weighted by Crippen LogP contribution is -2.30. The van der Waals surface area contributed by atoms with Crippen molar-refractivity contribution in [3.63, 3.8) is 0 Å². The summed E-state index contributed by atoms with van der Waals surface area (Å²) in [5.41, 5.74) is 9.13. The third-order valence-electron chi connectivity index (χ3n) is 16.9. The molecule has 4 saturated heterocycles. The summed E-state index contributed by atoms with van der Waals surface area (Å²) in [6, 6.07) is 33.8. The predicted octanol–water partition coefficient (Wildman–Crippen LogP) is 8.59. The summed E-state index contributed by atoms with van der Waals surface area (Å²) in [5, 5.41) is 14.0. The lowest BCUT2D eigenvalue weighted by atomic mass is 9.89. The summed E-state index contributed by atoms with van der Waals surface area (Å²) in [4.78, 5) is 74.4. The standard InChI is InChI=1S/C68H68N8O12/c1-81-49-17-7-18-50(82-2)63(49)61-45-29-25-41(69-45)59(57-37(73-65(77)53-21-9-33-85-53)13-5-14-38(57)74-66(78)54-22-10-34-86-54)43-27-31-47(71-43)62(64-51(83-3)19-8-20-52(64)84-4)48-32-28-44(72-48)60(42-26-30-46(61)70-42)58-39(75-67(79)55-23-11-35-87-55)15-6-16-40(58)76-68(80)56-24-12-36-88-56/h5-8,13-20,25-32,53-56,59,69-71H,9-12,21-24,33-36H2,1-4H3,(H,73,77)(H,74,78)(H,75,79)(H,76,80)/t53-,54-,55-,56-,59?/m0/s1. The van der Waals surface area contributed by atoms with Gasteiger partial charge in [0.15, 0.2) is 0 Å². The van der Waals surface area contributed by atoms with Crippen molar-refractivity contribution in [3.05, 3.63) is 183 Å². The van der Waals surface area contributed by atoms with Crippen LogP contribution in [0.2, 0.25) is 0 Å². The Balaban J connectivity index is 1.13. The summed E-state index contributed by atoms with van der Waals surface area (Å²) in [7, 11) is 6.40. The summed E-state index contributed by atoms with van der Waals surface area (Å²) >= 11 is 0. The number of benzene rings is 4. The van der Waals surface area contributed by atoms with Gasteiger partial charge in [-0.3, -0.25) is 19.2 Å². The molecule has 5 atom stereocenters. The number of aliphatic imine (C=N–C) groups is 1. The molecule has 6 aliphatic rings. The zero-order valence-electron chi connectivity index (χ0n) is 49.3. The van der Waals surface area contributed by atoms with Crippen LogP contribution < -0.4 is 50.9 Å². The van der Waals surface area contributed by atoms with Gasteiger partial charge in [-0.05, 0) is 148 Å². The molecule has 0 aliphatic carbocycles. The van der Waals surface area contributed by atoms with Crippen LogP contribution in [0.4, 0.5) is 22.7 Å². The molecule has 0 radical (unpaired) electrons. The molecule has 452 valence electrons. The maximum Gasteiger partial charge on any atom is 0.253 e. The van der Waals surface area contributed by atoms with Gasteiger partial charge in [-0.25, -0.2) is 4.99 Å². The van der Waals surface area contributed by atoms with E-state index in [9.17, 15) is 19.2 Å². The first-order valence-electron chi connectivity index (χ1n) is 29.8. The van der Waals surface area contributed by atoms with Gasteiger partial charge in [0.25, 0.3) is 23.6 Å². The van der Waals surface area contributed by atoms with Crippen molar-refractivity contribution >= 4 is 68.8 Å². The second-order valence-electron chi connectivity index (χ2n) is 22.2. The number of rotatable bonds is 16. The fourth-order valence-electron chi connectivity index (χ4n) is 12.8. The Morgan fingerprint density at radius 3 is 1.24 bits per heavy atom. The SMILES string of the molecule is COc1cccc(OC)c1C1=C2C=CC(=N2)C(c2c(NC(=O)[C@@H]3CCCO3)cccc2NC(=O)[C@@H]2CCCO2)=c2ccc([nH]2)=C(c2c(OC)cccc2OC)c2ccc([nH]2)C(c2c(NC(=O)[C@@H]3CCCO3)cccc2NC(=O)[C@@H]2CCCO2)c2ccc1[nH]2. The number of nitrogens with zero attached hydrogens (tertiary/aromatic N) is 1. The molecule has 0 saturated carbocycles. The first kappa shape index (κ1) is 57.6. The number of fused-ring (bicyclic) bond motifs is 7. The fraction of sp³-hybridized carbons (Fsp3) is 0.309. The molecule has 1 unspecified atom stereocenters. The third kappa shape index (κ3) is 11.1. The van der Waals surface area contributed by atoms with Crippen LogP contribution >= 0.6 is 0 Å². The molecular weight excluding hydrogens is 1120 g/mol. The molecule has 4 aromatic carbocycles. The van der Waals surface area contributed by atoms with Crippen molar-refractivity contribution in [2.24, 2.45) is 4.99 Å². The number of hydrogen-bond donors (Lipinski definition) is 7. The van der Waals surface area contributed by atoms with Gasteiger partial charge in [-0.1, -0.05) is 24.3 Å². The maximum atomic E-state index is 14.3. The quantitative estimate of drug-likeness (QED) is 0.0481. The highest BCUT2D eigenvalue weighted by Gasteiger charge is 2.36. The summed E-state index contributed by atoms with van der Waals surface area (Å²) in [6.07, 6.45) is 6.26. The normalized spacial score (nSPS) is 20.5. The van der Waals surface area contributed by atoms with E-state index in [1.807, 2.05) is 97.1 Å². The Hall–Kier alpha value is -9.47. The van der Waals surface area contributed by atoms with E-state index in [1.54, 1.807) is 52.7 Å². The van der Waals surface area contributed by atoms with Crippen molar-refractivity contribution in [1.29, 1.82) is 0 Å². The number of carbonyl (C=O) groups is 4. The first-order chi connectivity index (χ1) is 43.1. The molecule has 7 aromatic rings. The molecule has 20 heteroatoms. The number of carbonyl (C=O) groups excluding carboxylic acids is 4. The summed E-state index contributed by atoms with van der Waals surface area (Å²) in [5.74, 6) is -0.0746. The Morgan fingerprint density at radius 2 is 0.818 bits per heavy atom. The lowest BCUT2D eigenvalue weighted by Gasteiger charge is -2.25. The Bertz CT molecular complexity index is 3950. The van der Waals surface area contributed by atoms with Crippen molar-refractivity contribution in [2.75, 3.05) is 76.1 Å². The minimum atomic E-state index is -0.787. The topological polar surface area (TPSA) is 250 Å². The van der Waals surface area contributed by atoms with E-state index in [4.69, 9.17) is 42.9 Å². The number of hydrogen-bond acceptors (Lipinski definition) is 13. The van der Waals surface area contributed by atoms with Gasteiger partial charge in [0, 0.05) is 99.1 Å². The largest absolute Gasteiger partial charge is 0.496 e. The van der Waals surface area contributed by atoms with Crippen molar-refractivity contribution < 1.29 is 57.1 Å². The van der Waals surface area contributed by atoms with Crippen LogP contribution in [0.15, 0.2) is 132 Å². The number of methoxy groups -OCH3 is 4. The molecule has 88 heavy (non-hydrogen) atoms. The average Bonchev–Trinajstić information content (AvgIpc) is 2.30. The highest BCUT2D eigenvalue weighted by Crippen LogP contribution is 2.47. The van der Waals surface area contributed by atoms with Gasteiger partial charge in [0.1, 0.15) is 47.4 Å². The minimum Gasteiger partial charge on any atom is -0.496 e. The van der Waals surface area contributed by atoms with Crippen LogP contribution in [0.5, 0.6) is 23.0 Å². The molecule has 8 bridgehead atoms. The van der Waals surface area contributed by atoms with Crippen LogP contribution in [-0.2, 0) is 38.1 Å². The van der Waals surface area contributed by atoms with Crippen LogP contribution in [-0.4, -0.2) is 124 Å². The molecule has 4 fully saturated rings. The van der Waals surface area contributed by atoms with Crippen molar-refractivity contribution in [3.8, 4) is 23.0 Å². The molecular formula is C68H68N8O12. The molecule has 6 aliphatic heterocycles. The van der Waals surface area contributed by atoms with E-state index in [2.05, 4.69) is 36.2 Å². The van der Waals surface area contributed by atoms with E-state index in [0.29, 0.717) is 182 Å². The fourth-order valence-corrected chi connectivity index (χ4v) is 12.8. The minimum absolute atomic E-state index is 0.311. The maximum absolute atomic E-state index is 14.3. The third-order valence-corrected chi connectivity index (χ3v) is 16.9. The van der Waals surface area contributed by atoms with Crippen LogP contribution in [0.3, 0.4) is 0 Å². The average molecular weight is 1190 g/mol. The number of H-pyrrole nitrogens is 3. The molecule has 13 rings (SSSR count). The van der Waals surface area contributed by atoms with E-state index in [0.717, 1.165) is 25.7 Å². The second kappa shape index (κ2) is 25.1. The lowest BCUT2D eigenvalue weighted by molar-refractivity contribution is -0.125. The van der Waals surface area contributed by atoms with E-state index < -0.39 is 30.3 Å². The number of ether oxygens (including phenoxy) is 8. The molecule has 9 heterocycles. The van der Waals surface area contributed by atoms with Crippen LogP contribution in [0.25, 0.3) is 16.7 Å². The summed E-state index contributed by atoms with van der Waals surface area (Å²) < 4.78 is 48.4. The van der Waals surface area contributed by atoms with Gasteiger partial charge >= 0.3 is 0 Å². The van der Waals surface area contributed by atoms with E-state index in [-0.39, 0.29) is 23.6 Å². The molecule has 20 nitrogen and oxygen atoms in total. The van der Waals surface area contributed by atoms with Gasteiger partial charge in [0.2, 0.25) is 0 Å². The number of nitrogens with one attached hydrogen (secondary N) is 7. The van der Waals surface area contributed by atoms with E-state index >= 15 is 0 Å². The predicted molar refractivity (Wildman–Crippen MR) is 332 cm³/mol. The van der Waals surface area contributed by atoms with Gasteiger partial charge in [0.05, 0.1) is 68.3 Å². The second-order valence-corrected chi connectivity index (χ2v) is 22.2. The Kier molecular flexibility index (Phi) is 16.4. The molecule has 0 spiro atoms. The monoisotopic (exact) mass is 1190 g/mol. The summed E-state index contributed by atoms with van der Waals surface area (Å²) in [6.45, 7) is 1.84. The highest BCUT2D eigenvalue weighted by molar-refractivity contribution is 6.33. The molecule has 4 amide bonds. The van der Waals surface area contributed by atoms with Crippen LogP contribution in [0.1, 0.15) is 102 Å². The molecule has 7 N–H and O–H groups in total. The smallest absolute Gasteiger partial charge is 0.253 e. The Morgan fingerprint density at radius 1 is 0.432 bits per heavy atom. The number of allylic oxidation sites excluding steroid dienone is 2. The zero-order chi connectivity index (χ0) is 60.4. The van der Waals surface area contributed by atoms with Crippen molar-refractivity contribution in [2.45, 2.75) is 81.7 Å². The number of aromatic nitrogens is 3. The molecule has 3 aromatic heterocycles. The Labute approximate surface area is 507 Å². The van der Waals surface area contributed by atoms with Crippen molar-refractivity contribution in [1.82, 2.24) is 15.0 Å².